The lowest BCUT2D eigenvalue weighted by molar-refractivity contribution is 0.602. The topological polar surface area (TPSA) is 64.1 Å². The van der Waals surface area contributed by atoms with E-state index in [2.05, 4.69) is 4.98 Å². The third-order valence-corrected chi connectivity index (χ3v) is 6.84. The summed E-state index contributed by atoms with van der Waals surface area (Å²) in [6.07, 6.45) is 1.18. The minimum Gasteiger partial charge on any atom is -0.252 e. The Morgan fingerprint density at radius 1 is 1.04 bits per heavy atom. The van der Waals surface area contributed by atoms with Crippen molar-refractivity contribution in [3.8, 4) is 11.3 Å². The molecule has 0 aliphatic rings. The van der Waals surface area contributed by atoms with Crippen LogP contribution in [0.1, 0.15) is 4.88 Å². The summed E-state index contributed by atoms with van der Waals surface area (Å²) >= 11 is 1.57. The number of hydrogen-bond donors (Lipinski definition) is 0. The van der Waals surface area contributed by atoms with Crippen molar-refractivity contribution in [3.05, 3.63) is 64.9 Å². The maximum atomic E-state index is 12.5. The maximum absolute atomic E-state index is 12.5. The van der Waals surface area contributed by atoms with Gasteiger partial charge >= 0.3 is 0 Å². The van der Waals surface area contributed by atoms with Crippen molar-refractivity contribution in [2.24, 2.45) is 0 Å². The Balaban J connectivity index is 1.86. The fourth-order valence-corrected chi connectivity index (χ4v) is 4.82. The Morgan fingerprint density at radius 2 is 1.79 bits per heavy atom. The van der Waals surface area contributed by atoms with Crippen LogP contribution < -0.4 is 0 Å². The van der Waals surface area contributed by atoms with Crippen molar-refractivity contribution in [1.29, 1.82) is 0 Å². The number of thiophene rings is 1. The van der Waals surface area contributed by atoms with Crippen molar-refractivity contribution < 1.29 is 12.6 Å². The molecule has 124 valence electrons. The molecule has 0 N–H and O–H groups in total. The van der Waals surface area contributed by atoms with Crippen LogP contribution >= 0.6 is 11.3 Å². The Bertz CT molecular complexity index is 963. The minimum absolute atomic E-state index is 0.267. The van der Waals surface area contributed by atoms with Gasteiger partial charge in [0, 0.05) is 16.7 Å². The fourth-order valence-electron chi connectivity index (χ4n) is 2.17. The Hall–Kier alpha value is -1.83. The van der Waals surface area contributed by atoms with Gasteiger partial charge in [0.2, 0.25) is 0 Å². The number of aromatic nitrogens is 1. The number of benzene rings is 1. The Labute approximate surface area is 147 Å². The van der Waals surface area contributed by atoms with Gasteiger partial charge in [-0.2, -0.15) is 0 Å². The lowest BCUT2D eigenvalue weighted by Gasteiger charge is -2.05. The highest BCUT2D eigenvalue weighted by molar-refractivity contribution is 7.90. The smallest absolute Gasteiger partial charge is 0.175 e. The predicted molar refractivity (Wildman–Crippen MR) is 97.2 cm³/mol. The van der Waals surface area contributed by atoms with Crippen molar-refractivity contribution in [2.75, 3.05) is 6.26 Å². The van der Waals surface area contributed by atoms with E-state index < -0.39 is 20.6 Å². The third-order valence-electron chi connectivity index (χ3n) is 3.39. The van der Waals surface area contributed by atoms with Crippen LogP contribution in [0.2, 0.25) is 0 Å². The number of sulfone groups is 1. The van der Waals surface area contributed by atoms with Gasteiger partial charge in [-0.3, -0.25) is 4.21 Å². The van der Waals surface area contributed by atoms with E-state index in [9.17, 15) is 12.6 Å². The van der Waals surface area contributed by atoms with Crippen molar-refractivity contribution in [2.45, 2.75) is 15.7 Å². The number of pyridine rings is 1. The largest absolute Gasteiger partial charge is 0.252 e. The summed E-state index contributed by atoms with van der Waals surface area (Å²) in [4.78, 5) is 5.79. The summed E-state index contributed by atoms with van der Waals surface area (Å²) in [6.45, 7) is 0. The van der Waals surface area contributed by atoms with Crippen LogP contribution in [-0.4, -0.2) is 23.9 Å². The molecule has 0 aliphatic carbocycles. The molecule has 24 heavy (non-hydrogen) atoms. The second-order valence-electron chi connectivity index (χ2n) is 5.23. The zero-order chi connectivity index (χ0) is 17.2. The van der Waals surface area contributed by atoms with Gasteiger partial charge in [0.1, 0.15) is 5.03 Å². The predicted octanol–water partition coefficient (Wildman–Crippen LogP) is 3.52. The molecule has 0 amide bonds. The van der Waals surface area contributed by atoms with E-state index in [1.54, 1.807) is 41.7 Å². The molecule has 4 nitrogen and oxygen atoms in total. The molecule has 2 aromatic heterocycles. The molecule has 1 atom stereocenters. The minimum atomic E-state index is -3.22. The summed E-state index contributed by atoms with van der Waals surface area (Å²) in [5.74, 6) is 0.446. The molecule has 0 saturated heterocycles. The fraction of sp³-hybridized carbons (Fsp3) is 0.118. The van der Waals surface area contributed by atoms with Crippen LogP contribution in [-0.2, 0) is 26.4 Å². The van der Waals surface area contributed by atoms with Gasteiger partial charge in [0.05, 0.1) is 27.1 Å². The monoisotopic (exact) mass is 377 g/mol. The van der Waals surface area contributed by atoms with Crippen LogP contribution in [0.4, 0.5) is 0 Å². The second kappa shape index (κ2) is 6.96. The van der Waals surface area contributed by atoms with Crippen LogP contribution in [0, 0.1) is 0 Å². The van der Waals surface area contributed by atoms with Gasteiger partial charge in [0.15, 0.2) is 9.84 Å². The van der Waals surface area contributed by atoms with Gasteiger partial charge < -0.3 is 0 Å². The highest BCUT2D eigenvalue weighted by Crippen LogP contribution is 2.22. The van der Waals surface area contributed by atoms with Gasteiger partial charge in [-0.1, -0.05) is 24.3 Å². The van der Waals surface area contributed by atoms with E-state index in [-0.39, 0.29) is 4.90 Å². The molecule has 0 bridgehead atoms. The highest BCUT2D eigenvalue weighted by Gasteiger charge is 2.11. The summed E-state index contributed by atoms with van der Waals surface area (Å²) < 4.78 is 35.5. The van der Waals surface area contributed by atoms with E-state index >= 15 is 0 Å². The zero-order valence-electron chi connectivity index (χ0n) is 12.9. The SMILES string of the molecule is CS(=O)(=O)c1ccc(-c2cccc([S@](=O)Cc3cccs3)n2)cc1. The Kier molecular flexibility index (Phi) is 4.93. The maximum Gasteiger partial charge on any atom is 0.175 e. The van der Waals surface area contributed by atoms with Crippen LogP contribution in [0.5, 0.6) is 0 Å². The molecule has 0 spiro atoms. The molecule has 0 saturated carbocycles. The van der Waals surface area contributed by atoms with Gasteiger partial charge in [0.25, 0.3) is 0 Å². The first kappa shape index (κ1) is 17.0. The average molecular weight is 378 g/mol. The molecule has 3 rings (SSSR count). The van der Waals surface area contributed by atoms with Crippen LogP contribution in [0.15, 0.2) is 69.9 Å². The summed E-state index contributed by atoms with van der Waals surface area (Å²) in [7, 11) is -4.43. The van der Waals surface area contributed by atoms with E-state index in [0.29, 0.717) is 16.5 Å². The van der Waals surface area contributed by atoms with Crippen molar-refractivity contribution >= 4 is 32.0 Å². The average Bonchev–Trinajstić information content (AvgIpc) is 3.07. The molecular weight excluding hydrogens is 362 g/mol. The molecule has 0 unspecified atom stereocenters. The standard InChI is InChI=1S/C17H15NO3S3/c1-24(20,21)15-9-7-13(8-10-15)16-5-2-6-17(18-16)23(19)12-14-4-3-11-22-14/h2-11H,12H2,1H3/t23-/m1/s1. The summed E-state index contributed by atoms with van der Waals surface area (Å²) in [5.41, 5.74) is 1.46. The first-order valence-corrected chi connectivity index (χ1v) is 11.2. The van der Waals surface area contributed by atoms with E-state index in [1.165, 1.54) is 6.26 Å². The molecule has 2 heterocycles. The van der Waals surface area contributed by atoms with Crippen LogP contribution in [0.25, 0.3) is 11.3 Å². The lowest BCUT2D eigenvalue weighted by atomic mass is 10.1. The molecule has 0 fully saturated rings. The molecule has 0 radical (unpaired) electrons. The molecule has 7 heteroatoms. The van der Waals surface area contributed by atoms with E-state index in [1.807, 2.05) is 29.6 Å². The second-order valence-corrected chi connectivity index (χ2v) is 9.67. The molecular formula is C17H15NO3S3. The summed E-state index contributed by atoms with van der Waals surface area (Å²) in [5, 5.41) is 2.48. The highest BCUT2D eigenvalue weighted by atomic mass is 32.2. The van der Waals surface area contributed by atoms with E-state index in [0.717, 1.165) is 10.4 Å². The number of nitrogens with zero attached hydrogens (tertiary/aromatic N) is 1. The van der Waals surface area contributed by atoms with Crippen LogP contribution in [0.3, 0.4) is 0 Å². The molecule has 1 aromatic carbocycles. The van der Waals surface area contributed by atoms with Gasteiger partial charge in [-0.15, -0.1) is 11.3 Å². The lowest BCUT2D eigenvalue weighted by Crippen LogP contribution is -1.99. The molecule has 3 aromatic rings. The number of rotatable bonds is 5. The first-order valence-electron chi connectivity index (χ1n) is 7.12. The third kappa shape index (κ3) is 3.98. The van der Waals surface area contributed by atoms with Gasteiger partial charge in [-0.25, -0.2) is 13.4 Å². The summed E-state index contributed by atoms with van der Waals surface area (Å²) in [6, 6.07) is 15.8. The zero-order valence-corrected chi connectivity index (χ0v) is 15.3. The number of hydrogen-bond acceptors (Lipinski definition) is 5. The first-order chi connectivity index (χ1) is 11.4. The van der Waals surface area contributed by atoms with Crippen molar-refractivity contribution in [3.63, 3.8) is 0 Å². The van der Waals surface area contributed by atoms with Crippen molar-refractivity contribution in [1.82, 2.24) is 4.98 Å². The quantitative estimate of drug-likeness (QED) is 0.682. The van der Waals surface area contributed by atoms with Gasteiger partial charge in [-0.05, 0) is 35.7 Å². The normalized spacial score (nSPS) is 12.9. The Morgan fingerprint density at radius 3 is 2.42 bits per heavy atom. The molecule has 0 aliphatic heterocycles. The van der Waals surface area contributed by atoms with E-state index in [4.69, 9.17) is 0 Å².